The van der Waals surface area contributed by atoms with Crippen molar-refractivity contribution in [2.45, 2.75) is 31.7 Å². The maximum atomic E-state index is 12.5. The van der Waals surface area contributed by atoms with Crippen molar-refractivity contribution < 1.29 is 5.11 Å². The first-order valence-corrected chi connectivity index (χ1v) is 8.70. The molecule has 2 atom stereocenters. The predicted molar refractivity (Wildman–Crippen MR) is 96.6 cm³/mol. The monoisotopic (exact) mass is 356 g/mol. The molecule has 1 unspecified atom stereocenters. The van der Waals surface area contributed by atoms with Gasteiger partial charge in [-0.3, -0.25) is 9.36 Å². The number of nitrogens with one attached hydrogen (secondary N) is 3. The Balaban J connectivity index is 1.77. The third-order valence-corrected chi connectivity index (χ3v) is 4.96. The van der Waals surface area contributed by atoms with E-state index in [0.717, 1.165) is 25.7 Å². The average Bonchev–Trinajstić information content (AvgIpc) is 2.98. The van der Waals surface area contributed by atoms with Crippen molar-refractivity contribution in [3.8, 4) is 0 Å². The quantitative estimate of drug-likeness (QED) is 0.557. The summed E-state index contributed by atoms with van der Waals surface area (Å²) in [5.41, 5.74) is 0.793. The van der Waals surface area contributed by atoms with Gasteiger partial charge in [0, 0.05) is 24.8 Å². The van der Waals surface area contributed by atoms with Gasteiger partial charge in [0.1, 0.15) is 11.2 Å². The van der Waals surface area contributed by atoms with Gasteiger partial charge >= 0.3 is 5.69 Å². The van der Waals surface area contributed by atoms with Gasteiger partial charge in [-0.15, -0.1) is 0 Å². The predicted octanol–water partition coefficient (Wildman–Crippen LogP) is 1.28. The molecule has 0 spiro atoms. The molecule has 136 valence electrons. The lowest BCUT2D eigenvalue weighted by atomic mass is 9.85. The number of pyridine rings is 1. The van der Waals surface area contributed by atoms with Crippen molar-refractivity contribution in [3.05, 3.63) is 45.4 Å². The number of rotatable bonds is 4. The molecule has 0 aliphatic heterocycles. The number of hydrogen-bond donors (Lipinski definition) is 4. The third kappa shape index (κ3) is 2.90. The largest absolute Gasteiger partial charge is 0.396 e. The molecule has 3 aromatic heterocycles. The smallest absolute Gasteiger partial charge is 0.327 e. The van der Waals surface area contributed by atoms with E-state index < -0.39 is 0 Å². The van der Waals surface area contributed by atoms with Gasteiger partial charge in [0.2, 0.25) is 5.95 Å². The highest BCUT2D eigenvalue weighted by Crippen LogP contribution is 2.34. The normalized spacial score (nSPS) is 20.3. The van der Waals surface area contributed by atoms with Crippen molar-refractivity contribution in [2.24, 2.45) is 5.92 Å². The Hall–Kier alpha value is -2.94. The number of aliphatic hydroxyl groups is 1. The van der Waals surface area contributed by atoms with Crippen molar-refractivity contribution in [1.29, 1.82) is 0 Å². The number of aromatic amines is 2. The van der Waals surface area contributed by atoms with Crippen LogP contribution >= 0.6 is 0 Å². The molecule has 3 aromatic rings. The van der Waals surface area contributed by atoms with Crippen LogP contribution in [0, 0.1) is 5.92 Å². The summed E-state index contributed by atoms with van der Waals surface area (Å²) >= 11 is 0. The molecule has 0 bridgehead atoms. The SMILES string of the molecule is O=c1[nH]cccc1Nc1ncc2[nH]c(=O)n(C3CCCC[C@H]3CO)c2n1. The molecule has 0 aromatic carbocycles. The van der Waals surface area contributed by atoms with Gasteiger partial charge in [0.25, 0.3) is 5.56 Å². The zero-order valence-electron chi connectivity index (χ0n) is 14.1. The van der Waals surface area contributed by atoms with Gasteiger partial charge < -0.3 is 20.4 Å². The molecule has 0 radical (unpaired) electrons. The summed E-state index contributed by atoms with van der Waals surface area (Å²) in [6.07, 6.45) is 6.84. The lowest BCUT2D eigenvalue weighted by Gasteiger charge is -2.30. The molecule has 9 heteroatoms. The van der Waals surface area contributed by atoms with Crippen LogP contribution in [0.2, 0.25) is 0 Å². The highest BCUT2D eigenvalue weighted by molar-refractivity contribution is 5.72. The Kier molecular flexibility index (Phi) is 4.29. The number of nitrogens with zero attached hydrogens (tertiary/aromatic N) is 3. The summed E-state index contributed by atoms with van der Waals surface area (Å²) < 4.78 is 1.62. The van der Waals surface area contributed by atoms with Gasteiger partial charge in [0.15, 0.2) is 5.65 Å². The molecule has 0 saturated heterocycles. The lowest BCUT2D eigenvalue weighted by molar-refractivity contribution is 0.139. The molecule has 0 amide bonds. The zero-order valence-corrected chi connectivity index (χ0v) is 14.1. The molecular weight excluding hydrogens is 336 g/mol. The van der Waals surface area contributed by atoms with Crippen LogP contribution in [0.25, 0.3) is 11.2 Å². The molecule has 4 rings (SSSR count). The molecule has 1 fully saturated rings. The van der Waals surface area contributed by atoms with Crippen LogP contribution in [-0.4, -0.2) is 36.2 Å². The summed E-state index contributed by atoms with van der Waals surface area (Å²) in [6, 6.07) is 3.22. The summed E-state index contributed by atoms with van der Waals surface area (Å²) in [7, 11) is 0. The second kappa shape index (κ2) is 6.75. The molecule has 1 aliphatic carbocycles. The van der Waals surface area contributed by atoms with E-state index in [-0.39, 0.29) is 35.8 Å². The van der Waals surface area contributed by atoms with Gasteiger partial charge in [-0.25, -0.2) is 9.78 Å². The minimum Gasteiger partial charge on any atom is -0.396 e. The van der Waals surface area contributed by atoms with Crippen molar-refractivity contribution >= 4 is 22.8 Å². The first-order valence-electron chi connectivity index (χ1n) is 8.70. The van der Waals surface area contributed by atoms with Crippen LogP contribution in [0.3, 0.4) is 0 Å². The van der Waals surface area contributed by atoms with E-state index in [1.807, 2.05) is 0 Å². The Labute approximate surface area is 148 Å². The number of aromatic nitrogens is 5. The van der Waals surface area contributed by atoms with Crippen LogP contribution in [0.15, 0.2) is 34.1 Å². The van der Waals surface area contributed by atoms with Crippen LogP contribution in [-0.2, 0) is 0 Å². The van der Waals surface area contributed by atoms with E-state index in [1.165, 1.54) is 6.20 Å². The topological polar surface area (TPSA) is 129 Å². The van der Waals surface area contributed by atoms with Crippen molar-refractivity contribution in [1.82, 2.24) is 24.5 Å². The van der Waals surface area contributed by atoms with E-state index in [4.69, 9.17) is 0 Å². The average molecular weight is 356 g/mol. The van der Waals surface area contributed by atoms with Crippen LogP contribution < -0.4 is 16.6 Å². The first kappa shape index (κ1) is 16.5. The molecule has 26 heavy (non-hydrogen) atoms. The minimum absolute atomic E-state index is 0.0313. The number of anilines is 2. The third-order valence-electron chi connectivity index (χ3n) is 4.96. The molecular formula is C17H20N6O3. The van der Waals surface area contributed by atoms with E-state index in [9.17, 15) is 14.7 Å². The second-order valence-electron chi connectivity index (χ2n) is 6.56. The lowest BCUT2D eigenvalue weighted by Crippen LogP contribution is -2.32. The Morgan fingerprint density at radius 2 is 2.15 bits per heavy atom. The van der Waals surface area contributed by atoms with E-state index in [1.54, 1.807) is 22.9 Å². The van der Waals surface area contributed by atoms with Crippen molar-refractivity contribution in [3.63, 3.8) is 0 Å². The Bertz CT molecular complexity index is 1040. The summed E-state index contributed by atoms with van der Waals surface area (Å²) in [6.45, 7) is 0.0410. The molecule has 9 nitrogen and oxygen atoms in total. The van der Waals surface area contributed by atoms with Gasteiger partial charge in [-0.2, -0.15) is 4.98 Å². The fraction of sp³-hybridized carbons (Fsp3) is 0.412. The number of imidazole rings is 1. The maximum Gasteiger partial charge on any atom is 0.327 e. The Morgan fingerprint density at radius 1 is 1.31 bits per heavy atom. The van der Waals surface area contributed by atoms with E-state index >= 15 is 0 Å². The molecule has 4 N–H and O–H groups in total. The van der Waals surface area contributed by atoms with E-state index in [0.29, 0.717) is 16.9 Å². The molecule has 1 saturated carbocycles. The fourth-order valence-corrected chi connectivity index (χ4v) is 3.67. The fourth-order valence-electron chi connectivity index (χ4n) is 3.67. The van der Waals surface area contributed by atoms with Crippen LogP contribution in [0.4, 0.5) is 11.6 Å². The second-order valence-corrected chi connectivity index (χ2v) is 6.56. The maximum absolute atomic E-state index is 12.5. The summed E-state index contributed by atoms with van der Waals surface area (Å²) in [4.78, 5) is 38.3. The van der Waals surface area contributed by atoms with Gasteiger partial charge in [-0.1, -0.05) is 12.8 Å². The summed E-state index contributed by atoms with van der Waals surface area (Å²) in [5, 5.41) is 12.6. The Morgan fingerprint density at radius 3 is 2.96 bits per heavy atom. The standard InChI is InChI=1S/C17H20N6O3/c24-9-10-4-1-2-6-13(10)23-14-12(21-17(23)26)8-19-16(22-14)20-11-5-3-7-18-15(11)25/h3,5,7-8,10,13,24H,1-2,4,6,9H2,(H,18,25)(H,21,26)(H,19,20,22)/t10-,13?/m0/s1. The van der Waals surface area contributed by atoms with Gasteiger partial charge in [-0.05, 0) is 25.0 Å². The number of aliphatic hydroxyl groups excluding tert-OH is 1. The number of H-pyrrole nitrogens is 2. The van der Waals surface area contributed by atoms with Gasteiger partial charge in [0.05, 0.1) is 6.20 Å². The molecule has 3 heterocycles. The number of hydrogen-bond acceptors (Lipinski definition) is 6. The van der Waals surface area contributed by atoms with Crippen LogP contribution in [0.1, 0.15) is 31.7 Å². The number of fused-ring (bicyclic) bond motifs is 1. The molecule has 1 aliphatic rings. The zero-order chi connectivity index (χ0) is 18.1. The van der Waals surface area contributed by atoms with E-state index in [2.05, 4.69) is 25.3 Å². The highest BCUT2D eigenvalue weighted by Gasteiger charge is 2.29. The van der Waals surface area contributed by atoms with Crippen LogP contribution in [0.5, 0.6) is 0 Å². The van der Waals surface area contributed by atoms with Crippen molar-refractivity contribution in [2.75, 3.05) is 11.9 Å². The highest BCUT2D eigenvalue weighted by atomic mass is 16.3. The first-order chi connectivity index (χ1) is 12.7. The summed E-state index contributed by atoms with van der Waals surface area (Å²) in [5.74, 6) is 0.266. The minimum atomic E-state index is -0.282.